The lowest BCUT2D eigenvalue weighted by Crippen LogP contribution is -2.43. The number of hydrogen-bond acceptors (Lipinski definition) is 4. The Morgan fingerprint density at radius 2 is 2.14 bits per heavy atom. The first-order valence-corrected chi connectivity index (χ1v) is 7.57. The molecule has 1 aliphatic carbocycles. The number of amides is 1. The highest BCUT2D eigenvalue weighted by atomic mass is 16.5. The number of nitrogens with one attached hydrogen (secondary N) is 1. The SMILES string of the molecule is Cn1nc2c(cc1=O)C[C@H](NC(=O)C1CCOCC1)CC2. The van der Waals surface area contributed by atoms with E-state index in [2.05, 4.69) is 10.4 Å². The second kappa shape index (κ2) is 5.97. The van der Waals surface area contributed by atoms with Crippen molar-refractivity contribution in [1.29, 1.82) is 0 Å². The van der Waals surface area contributed by atoms with E-state index in [1.54, 1.807) is 13.1 Å². The van der Waals surface area contributed by atoms with Gasteiger partial charge in [-0.25, -0.2) is 4.68 Å². The van der Waals surface area contributed by atoms with Crippen LogP contribution in [0.15, 0.2) is 10.9 Å². The van der Waals surface area contributed by atoms with Crippen molar-refractivity contribution in [2.45, 2.75) is 38.1 Å². The zero-order valence-corrected chi connectivity index (χ0v) is 12.3. The molecular formula is C15H21N3O3. The number of fused-ring (bicyclic) bond motifs is 1. The summed E-state index contributed by atoms with van der Waals surface area (Å²) in [5, 5.41) is 7.42. The Kier molecular flexibility index (Phi) is 4.05. The van der Waals surface area contributed by atoms with Crippen LogP contribution >= 0.6 is 0 Å². The molecular weight excluding hydrogens is 270 g/mol. The maximum absolute atomic E-state index is 12.3. The van der Waals surface area contributed by atoms with Crippen LogP contribution in [0.1, 0.15) is 30.5 Å². The van der Waals surface area contributed by atoms with Crippen LogP contribution in [0.5, 0.6) is 0 Å². The van der Waals surface area contributed by atoms with Crippen LogP contribution in [0.2, 0.25) is 0 Å². The molecule has 0 radical (unpaired) electrons. The summed E-state index contributed by atoms with van der Waals surface area (Å²) in [6.07, 6.45) is 4.00. The van der Waals surface area contributed by atoms with Crippen molar-refractivity contribution in [3.63, 3.8) is 0 Å². The van der Waals surface area contributed by atoms with Crippen molar-refractivity contribution in [2.24, 2.45) is 13.0 Å². The summed E-state index contributed by atoms with van der Waals surface area (Å²) < 4.78 is 6.66. The molecule has 0 spiro atoms. The summed E-state index contributed by atoms with van der Waals surface area (Å²) in [7, 11) is 1.67. The molecule has 1 atom stereocenters. The molecule has 3 rings (SSSR count). The maximum atomic E-state index is 12.3. The molecule has 0 bridgehead atoms. The molecule has 114 valence electrons. The first-order chi connectivity index (χ1) is 10.1. The predicted octanol–water partition coefficient (Wildman–Crippen LogP) is 0.180. The minimum Gasteiger partial charge on any atom is -0.381 e. The number of aromatic nitrogens is 2. The second-order valence-corrected chi connectivity index (χ2v) is 5.91. The third kappa shape index (κ3) is 3.15. The van der Waals surface area contributed by atoms with Gasteiger partial charge in [0, 0.05) is 38.3 Å². The van der Waals surface area contributed by atoms with Gasteiger partial charge in [-0.1, -0.05) is 0 Å². The van der Waals surface area contributed by atoms with Crippen LogP contribution in [0, 0.1) is 5.92 Å². The summed E-state index contributed by atoms with van der Waals surface area (Å²) >= 11 is 0. The second-order valence-electron chi connectivity index (χ2n) is 5.91. The molecule has 1 N–H and O–H groups in total. The van der Waals surface area contributed by atoms with Crippen molar-refractivity contribution in [2.75, 3.05) is 13.2 Å². The van der Waals surface area contributed by atoms with Gasteiger partial charge in [-0.15, -0.1) is 0 Å². The molecule has 2 aliphatic rings. The largest absolute Gasteiger partial charge is 0.381 e. The molecule has 21 heavy (non-hydrogen) atoms. The molecule has 0 unspecified atom stereocenters. The van der Waals surface area contributed by atoms with Crippen LogP contribution in [-0.4, -0.2) is 34.9 Å². The number of carbonyl (C=O) groups is 1. The lowest BCUT2D eigenvalue weighted by atomic mass is 9.91. The Morgan fingerprint density at radius 3 is 2.90 bits per heavy atom. The molecule has 1 amide bonds. The monoisotopic (exact) mass is 291 g/mol. The lowest BCUT2D eigenvalue weighted by Gasteiger charge is -2.28. The Hall–Kier alpha value is -1.69. The van der Waals surface area contributed by atoms with Crippen molar-refractivity contribution in [3.8, 4) is 0 Å². The van der Waals surface area contributed by atoms with Gasteiger partial charge in [-0.05, 0) is 37.7 Å². The van der Waals surface area contributed by atoms with Gasteiger partial charge in [0.05, 0.1) is 5.69 Å². The topological polar surface area (TPSA) is 73.2 Å². The van der Waals surface area contributed by atoms with Crippen LogP contribution in [-0.2, 0) is 29.4 Å². The molecule has 0 aromatic carbocycles. The zero-order chi connectivity index (χ0) is 14.8. The van der Waals surface area contributed by atoms with Crippen molar-refractivity contribution < 1.29 is 9.53 Å². The summed E-state index contributed by atoms with van der Waals surface area (Å²) in [6.45, 7) is 1.34. The van der Waals surface area contributed by atoms with E-state index in [-0.39, 0.29) is 23.4 Å². The zero-order valence-electron chi connectivity index (χ0n) is 12.3. The first kappa shape index (κ1) is 14.3. The number of rotatable bonds is 2. The fourth-order valence-electron chi connectivity index (χ4n) is 3.09. The quantitative estimate of drug-likeness (QED) is 0.843. The molecule has 2 heterocycles. The minimum absolute atomic E-state index is 0.0712. The summed E-state index contributed by atoms with van der Waals surface area (Å²) in [6, 6.07) is 1.76. The molecule has 0 saturated carbocycles. The van der Waals surface area contributed by atoms with Gasteiger partial charge in [0.2, 0.25) is 5.91 Å². The Morgan fingerprint density at radius 1 is 1.38 bits per heavy atom. The van der Waals surface area contributed by atoms with E-state index in [1.165, 1.54) is 4.68 Å². The van der Waals surface area contributed by atoms with Gasteiger partial charge < -0.3 is 10.1 Å². The molecule has 6 heteroatoms. The molecule has 1 aromatic heterocycles. The van der Waals surface area contributed by atoms with Gasteiger partial charge in [-0.2, -0.15) is 5.10 Å². The van der Waals surface area contributed by atoms with Gasteiger partial charge in [0.1, 0.15) is 0 Å². The van der Waals surface area contributed by atoms with Crippen LogP contribution < -0.4 is 10.9 Å². The van der Waals surface area contributed by atoms with Gasteiger partial charge >= 0.3 is 0 Å². The minimum atomic E-state index is -0.0924. The number of aryl methyl sites for hydroxylation is 2. The first-order valence-electron chi connectivity index (χ1n) is 7.57. The van der Waals surface area contributed by atoms with Crippen LogP contribution in [0.3, 0.4) is 0 Å². The van der Waals surface area contributed by atoms with E-state index in [1.807, 2.05) is 0 Å². The number of nitrogens with zero attached hydrogens (tertiary/aromatic N) is 2. The maximum Gasteiger partial charge on any atom is 0.266 e. The van der Waals surface area contributed by atoms with E-state index < -0.39 is 0 Å². The van der Waals surface area contributed by atoms with Gasteiger partial charge in [0.25, 0.3) is 5.56 Å². The summed E-state index contributed by atoms with van der Waals surface area (Å²) in [5.41, 5.74) is 1.86. The summed E-state index contributed by atoms with van der Waals surface area (Å²) in [4.78, 5) is 23.9. The van der Waals surface area contributed by atoms with E-state index in [0.29, 0.717) is 19.6 Å². The molecule has 1 aromatic rings. The van der Waals surface area contributed by atoms with Crippen molar-refractivity contribution in [1.82, 2.24) is 15.1 Å². The average Bonchev–Trinajstić information content (AvgIpc) is 2.49. The fourth-order valence-corrected chi connectivity index (χ4v) is 3.09. The van der Waals surface area contributed by atoms with Gasteiger partial charge in [0.15, 0.2) is 0 Å². The Bertz CT molecular complexity index is 590. The van der Waals surface area contributed by atoms with Crippen molar-refractivity contribution >= 4 is 5.91 Å². The molecule has 6 nitrogen and oxygen atoms in total. The lowest BCUT2D eigenvalue weighted by molar-refractivity contribution is -0.128. The highest BCUT2D eigenvalue weighted by Gasteiger charge is 2.26. The van der Waals surface area contributed by atoms with Crippen LogP contribution in [0.25, 0.3) is 0 Å². The Balaban J connectivity index is 1.64. The number of carbonyl (C=O) groups excluding carboxylic acids is 1. The third-order valence-corrected chi connectivity index (χ3v) is 4.39. The fraction of sp³-hybridized carbons (Fsp3) is 0.667. The van der Waals surface area contributed by atoms with E-state index in [9.17, 15) is 9.59 Å². The molecule has 1 fully saturated rings. The predicted molar refractivity (Wildman–Crippen MR) is 77.0 cm³/mol. The van der Waals surface area contributed by atoms with E-state index in [0.717, 1.165) is 36.9 Å². The van der Waals surface area contributed by atoms with E-state index >= 15 is 0 Å². The van der Waals surface area contributed by atoms with Crippen molar-refractivity contribution in [3.05, 3.63) is 27.7 Å². The highest BCUT2D eigenvalue weighted by molar-refractivity contribution is 5.79. The van der Waals surface area contributed by atoms with E-state index in [4.69, 9.17) is 4.74 Å². The molecule has 1 aliphatic heterocycles. The third-order valence-electron chi connectivity index (χ3n) is 4.39. The van der Waals surface area contributed by atoms with Gasteiger partial charge in [-0.3, -0.25) is 9.59 Å². The molecule has 1 saturated heterocycles. The standard InChI is InChI=1S/C15H21N3O3/c1-18-14(19)9-11-8-12(2-3-13(11)17-18)16-15(20)10-4-6-21-7-5-10/h9-10,12H,2-8H2,1H3,(H,16,20)/t12-/m1/s1. The average molecular weight is 291 g/mol. The number of hydrogen-bond donors (Lipinski definition) is 1. The Labute approximate surface area is 123 Å². The highest BCUT2D eigenvalue weighted by Crippen LogP contribution is 2.20. The number of ether oxygens (including phenoxy) is 1. The summed E-state index contributed by atoms with van der Waals surface area (Å²) in [5.74, 6) is 0.199. The van der Waals surface area contributed by atoms with Crippen LogP contribution in [0.4, 0.5) is 0 Å². The smallest absolute Gasteiger partial charge is 0.266 e. The normalized spacial score (nSPS) is 22.6.